The molecule has 1 aliphatic rings. The van der Waals surface area contributed by atoms with Gasteiger partial charge in [0.2, 0.25) is 0 Å². The molecule has 194 valence electrons. The van der Waals surface area contributed by atoms with Crippen LogP contribution in [0.15, 0.2) is 59.2 Å². The minimum Gasteiger partial charge on any atom is -0.496 e. The number of aromatic amines is 1. The van der Waals surface area contributed by atoms with Crippen LogP contribution in [0.4, 0.5) is 4.39 Å². The number of carbonyl (C=O) groups excluding carboxylic acids is 1. The molecule has 3 heterocycles. The first-order chi connectivity index (χ1) is 18.5. The fourth-order valence-electron chi connectivity index (χ4n) is 5.38. The number of rotatable bonds is 6. The highest BCUT2D eigenvalue weighted by atomic mass is 19.1. The van der Waals surface area contributed by atoms with Crippen LogP contribution in [0.25, 0.3) is 33.2 Å². The van der Waals surface area contributed by atoms with Crippen LogP contribution < -0.4 is 10.1 Å². The van der Waals surface area contributed by atoms with Gasteiger partial charge in [-0.05, 0) is 65.1 Å². The number of halogens is 1. The number of nitrogens with one attached hydrogen (secondary N) is 2. The van der Waals surface area contributed by atoms with Crippen molar-refractivity contribution < 1.29 is 18.6 Å². The Morgan fingerprint density at radius 2 is 2.03 bits per heavy atom. The van der Waals surface area contributed by atoms with Gasteiger partial charge in [-0.15, -0.1) is 0 Å². The number of carbonyl (C=O) groups is 1. The number of fused-ring (bicyclic) bond motifs is 2. The lowest BCUT2D eigenvalue weighted by molar-refractivity contribution is 0.0868. The first-order valence-electron chi connectivity index (χ1n) is 12.5. The second-order valence-electron chi connectivity index (χ2n) is 9.93. The van der Waals surface area contributed by atoms with Crippen molar-refractivity contribution >= 4 is 27.8 Å². The van der Waals surface area contributed by atoms with E-state index < -0.39 is 0 Å². The Bertz CT molecular complexity index is 1630. The van der Waals surface area contributed by atoms with Gasteiger partial charge < -0.3 is 10.1 Å². The van der Waals surface area contributed by atoms with E-state index in [0.717, 1.165) is 35.1 Å². The van der Waals surface area contributed by atoms with E-state index in [4.69, 9.17) is 9.37 Å². The molecular formula is C28H27FN6O3. The van der Waals surface area contributed by atoms with E-state index >= 15 is 0 Å². The molecule has 1 aliphatic heterocycles. The van der Waals surface area contributed by atoms with Gasteiger partial charge in [0, 0.05) is 47.8 Å². The molecule has 38 heavy (non-hydrogen) atoms. The van der Waals surface area contributed by atoms with Crippen LogP contribution in [0.3, 0.4) is 0 Å². The lowest BCUT2D eigenvalue weighted by atomic mass is 9.95. The molecule has 0 saturated carbocycles. The predicted octanol–water partition coefficient (Wildman–Crippen LogP) is 4.55. The molecule has 10 heteroatoms. The zero-order valence-corrected chi connectivity index (χ0v) is 21.1. The van der Waals surface area contributed by atoms with Crippen molar-refractivity contribution in [3.05, 3.63) is 71.5 Å². The third-order valence-corrected chi connectivity index (χ3v) is 7.10. The van der Waals surface area contributed by atoms with E-state index in [0.29, 0.717) is 46.9 Å². The second-order valence-corrected chi connectivity index (χ2v) is 9.93. The fourth-order valence-corrected chi connectivity index (χ4v) is 5.38. The Morgan fingerprint density at radius 1 is 1.16 bits per heavy atom. The summed E-state index contributed by atoms with van der Waals surface area (Å²) in [5, 5.41) is 19.3. The molecule has 1 amide bonds. The molecule has 1 fully saturated rings. The number of H-pyrrole nitrogens is 1. The van der Waals surface area contributed by atoms with Gasteiger partial charge in [0.05, 0.1) is 12.6 Å². The summed E-state index contributed by atoms with van der Waals surface area (Å²) in [4.78, 5) is 15.5. The number of methoxy groups -OCH3 is 1. The lowest BCUT2D eigenvalue weighted by Gasteiger charge is -2.37. The maximum atomic E-state index is 14.5. The summed E-state index contributed by atoms with van der Waals surface area (Å²) < 4.78 is 24.7. The number of likely N-dealkylation sites (tertiary alicyclic amines) is 1. The highest BCUT2D eigenvalue weighted by molar-refractivity contribution is 6.02. The molecule has 2 atom stereocenters. The summed E-state index contributed by atoms with van der Waals surface area (Å²) in [6, 6.07) is 15.9. The van der Waals surface area contributed by atoms with Gasteiger partial charge >= 0.3 is 0 Å². The van der Waals surface area contributed by atoms with Crippen molar-refractivity contribution in [2.75, 3.05) is 20.2 Å². The van der Waals surface area contributed by atoms with E-state index in [1.165, 1.54) is 6.07 Å². The maximum absolute atomic E-state index is 14.5. The smallest absolute Gasteiger partial charge is 0.251 e. The fraction of sp³-hybridized carbons (Fsp3) is 0.286. The van der Waals surface area contributed by atoms with Crippen LogP contribution in [0.1, 0.15) is 29.3 Å². The highest BCUT2D eigenvalue weighted by Crippen LogP contribution is 2.29. The maximum Gasteiger partial charge on any atom is 0.251 e. The molecule has 2 N–H and O–H groups in total. The topological polar surface area (TPSA) is 109 Å². The number of nitrogens with zero attached hydrogens (tertiary/aromatic N) is 4. The van der Waals surface area contributed by atoms with Crippen molar-refractivity contribution in [3.8, 4) is 17.0 Å². The molecule has 1 saturated heterocycles. The molecule has 2 aromatic heterocycles. The van der Waals surface area contributed by atoms with Crippen LogP contribution in [0.2, 0.25) is 0 Å². The molecule has 3 aromatic carbocycles. The van der Waals surface area contributed by atoms with Crippen molar-refractivity contribution in [1.29, 1.82) is 0 Å². The van der Waals surface area contributed by atoms with Crippen molar-refractivity contribution in [2.24, 2.45) is 5.92 Å². The summed E-state index contributed by atoms with van der Waals surface area (Å²) in [5.74, 6) is 0.437. The molecule has 0 spiro atoms. The van der Waals surface area contributed by atoms with E-state index in [1.807, 2.05) is 30.3 Å². The van der Waals surface area contributed by atoms with E-state index in [9.17, 15) is 9.18 Å². The van der Waals surface area contributed by atoms with E-state index in [1.54, 1.807) is 25.3 Å². The molecule has 0 bridgehead atoms. The average Bonchev–Trinajstić information content (AvgIpc) is 3.55. The van der Waals surface area contributed by atoms with Gasteiger partial charge in [-0.1, -0.05) is 19.1 Å². The number of hydrogen-bond acceptors (Lipinski definition) is 7. The molecule has 6 rings (SSSR count). The first kappa shape index (κ1) is 24.1. The van der Waals surface area contributed by atoms with Crippen LogP contribution in [-0.4, -0.2) is 57.6 Å². The van der Waals surface area contributed by atoms with Gasteiger partial charge in [0.15, 0.2) is 0 Å². The largest absolute Gasteiger partial charge is 0.496 e. The monoisotopic (exact) mass is 514 g/mol. The molecule has 0 unspecified atom stereocenters. The van der Waals surface area contributed by atoms with Gasteiger partial charge in [-0.3, -0.25) is 14.8 Å². The minimum absolute atomic E-state index is 0.0643. The van der Waals surface area contributed by atoms with Gasteiger partial charge in [-0.25, -0.2) is 9.02 Å². The summed E-state index contributed by atoms with van der Waals surface area (Å²) in [5.41, 5.74) is 4.77. The third-order valence-electron chi connectivity index (χ3n) is 7.10. The lowest BCUT2D eigenvalue weighted by Crippen LogP contribution is -2.50. The normalized spacial score (nSPS) is 18.2. The quantitative estimate of drug-likeness (QED) is 0.342. The summed E-state index contributed by atoms with van der Waals surface area (Å²) in [6.45, 7) is 4.01. The van der Waals surface area contributed by atoms with Gasteiger partial charge in [-0.2, -0.15) is 5.10 Å². The number of piperidine rings is 1. The molecule has 9 nitrogen and oxygen atoms in total. The van der Waals surface area contributed by atoms with Crippen molar-refractivity contribution in [3.63, 3.8) is 0 Å². The summed E-state index contributed by atoms with van der Waals surface area (Å²) in [7, 11) is 1.55. The van der Waals surface area contributed by atoms with Crippen molar-refractivity contribution in [2.45, 2.75) is 25.9 Å². The van der Waals surface area contributed by atoms with Crippen LogP contribution in [0, 0.1) is 11.7 Å². The first-order valence-corrected chi connectivity index (χ1v) is 12.5. The Balaban J connectivity index is 1.20. The van der Waals surface area contributed by atoms with Crippen molar-refractivity contribution in [1.82, 2.24) is 30.7 Å². The molecule has 5 aromatic rings. The zero-order chi connectivity index (χ0) is 26.2. The average molecular weight is 515 g/mol. The SMILES string of the molecule is COc1cccc(F)c1CN1C[C@@H](C)C[C@@H](NC(=O)c2ccc3[nH]nc(-c4ccc5nonc5c4)c3c2)C1. The molecule has 0 aliphatic carbocycles. The minimum atomic E-state index is -0.286. The van der Waals surface area contributed by atoms with Crippen LogP contribution in [-0.2, 0) is 6.54 Å². The number of amides is 1. The number of benzene rings is 3. The van der Waals surface area contributed by atoms with Crippen LogP contribution >= 0.6 is 0 Å². The zero-order valence-electron chi connectivity index (χ0n) is 21.1. The standard InChI is InChI=1S/C28H27FN6O3/c1-16-10-19(14-35(13-16)15-21-22(29)4-3-5-26(21)37-2)30-28(36)18-7-8-23-20(11-18)27(32-31-23)17-6-9-24-25(12-17)34-38-33-24/h3-9,11-12,16,19H,10,13-15H2,1-2H3,(H,30,36)(H,31,32)/t16-,19+/m0/s1. The van der Waals surface area contributed by atoms with Gasteiger partial charge in [0.1, 0.15) is 28.3 Å². The Kier molecular flexibility index (Phi) is 6.24. The molecule has 0 radical (unpaired) electrons. The Morgan fingerprint density at radius 3 is 2.89 bits per heavy atom. The number of ether oxygens (including phenoxy) is 1. The Labute approximate surface area is 217 Å². The van der Waals surface area contributed by atoms with Crippen LogP contribution in [0.5, 0.6) is 5.75 Å². The number of hydrogen-bond donors (Lipinski definition) is 2. The number of aromatic nitrogens is 4. The summed E-state index contributed by atoms with van der Waals surface area (Å²) >= 11 is 0. The van der Waals surface area contributed by atoms with E-state index in [-0.39, 0.29) is 17.8 Å². The highest BCUT2D eigenvalue weighted by Gasteiger charge is 2.28. The predicted molar refractivity (Wildman–Crippen MR) is 140 cm³/mol. The molecular weight excluding hydrogens is 487 g/mol. The van der Waals surface area contributed by atoms with E-state index in [2.05, 4.69) is 37.7 Å². The Hall–Kier alpha value is -4.31. The third kappa shape index (κ3) is 4.58. The van der Waals surface area contributed by atoms with Gasteiger partial charge in [0.25, 0.3) is 5.91 Å². The second kappa shape index (κ2) is 9.86. The summed E-state index contributed by atoms with van der Waals surface area (Å²) in [6.07, 6.45) is 0.849.